The van der Waals surface area contributed by atoms with E-state index in [1.54, 1.807) is 57.4 Å². The van der Waals surface area contributed by atoms with Gasteiger partial charge in [-0.3, -0.25) is 19.3 Å². The lowest BCUT2D eigenvalue weighted by molar-refractivity contribution is -0.127. The number of benzene rings is 1. The molecular weight excluding hydrogens is 322 g/mol. The third kappa shape index (κ3) is 3.13. The van der Waals surface area contributed by atoms with E-state index >= 15 is 0 Å². The predicted octanol–water partition coefficient (Wildman–Crippen LogP) is 1.45. The molecule has 0 aliphatic carbocycles. The average Bonchev–Trinajstić information content (AvgIpc) is 2.59. The van der Waals surface area contributed by atoms with Gasteiger partial charge in [0.15, 0.2) is 6.10 Å². The molecule has 25 heavy (non-hydrogen) atoms. The first kappa shape index (κ1) is 16.8. The molecule has 2 aromatic rings. The Balaban J connectivity index is 1.85. The van der Waals surface area contributed by atoms with E-state index in [0.29, 0.717) is 17.0 Å². The first-order chi connectivity index (χ1) is 11.9. The summed E-state index contributed by atoms with van der Waals surface area (Å²) in [5, 5.41) is 2.63. The quantitative estimate of drug-likeness (QED) is 0.916. The molecule has 1 aliphatic heterocycles. The summed E-state index contributed by atoms with van der Waals surface area (Å²) in [5.41, 5.74) is 1.13. The maximum atomic E-state index is 12.5. The van der Waals surface area contributed by atoms with Crippen LogP contribution < -0.4 is 20.5 Å². The van der Waals surface area contributed by atoms with Crippen LogP contribution in [0.3, 0.4) is 0 Å². The molecule has 2 heterocycles. The van der Waals surface area contributed by atoms with Crippen LogP contribution in [0.2, 0.25) is 0 Å². The Kier molecular flexibility index (Phi) is 4.31. The predicted molar refractivity (Wildman–Crippen MR) is 93.9 cm³/mol. The number of rotatable bonds is 3. The van der Waals surface area contributed by atoms with Crippen LogP contribution in [0.4, 0.5) is 11.4 Å². The maximum Gasteiger partial charge on any atom is 0.274 e. The molecule has 130 valence electrons. The fourth-order valence-corrected chi connectivity index (χ4v) is 2.72. The number of anilines is 2. The smallest absolute Gasteiger partial charge is 0.274 e. The van der Waals surface area contributed by atoms with Crippen LogP contribution in [0.15, 0.2) is 41.3 Å². The third-order valence-electron chi connectivity index (χ3n) is 4.12. The zero-order valence-electron chi connectivity index (χ0n) is 14.3. The second-order valence-electron chi connectivity index (χ2n) is 5.99. The van der Waals surface area contributed by atoms with Gasteiger partial charge < -0.3 is 14.6 Å². The molecule has 0 fully saturated rings. The number of carbonyl (C=O) groups is 2. The molecule has 1 aromatic carbocycles. The molecule has 2 amide bonds. The van der Waals surface area contributed by atoms with Crippen LogP contribution in [0, 0.1) is 6.92 Å². The molecule has 1 aromatic heterocycles. The average molecular weight is 341 g/mol. The number of pyridine rings is 1. The van der Waals surface area contributed by atoms with Gasteiger partial charge in [-0.25, -0.2) is 0 Å². The van der Waals surface area contributed by atoms with E-state index in [1.807, 2.05) is 0 Å². The van der Waals surface area contributed by atoms with Crippen molar-refractivity contribution in [1.82, 2.24) is 4.57 Å². The minimum atomic E-state index is -0.672. The van der Waals surface area contributed by atoms with Crippen molar-refractivity contribution in [2.45, 2.75) is 20.0 Å². The molecule has 1 atom stereocenters. The number of aryl methyl sites for hydroxylation is 2. The van der Waals surface area contributed by atoms with Gasteiger partial charge in [0.05, 0.1) is 5.69 Å². The Bertz CT molecular complexity index is 903. The van der Waals surface area contributed by atoms with Crippen molar-refractivity contribution in [3.05, 3.63) is 52.4 Å². The summed E-state index contributed by atoms with van der Waals surface area (Å²) in [5.74, 6) is -0.190. The normalized spacial score (nSPS) is 16.2. The molecule has 7 heteroatoms. The van der Waals surface area contributed by atoms with Gasteiger partial charge in [0, 0.05) is 13.2 Å². The van der Waals surface area contributed by atoms with Crippen molar-refractivity contribution in [3.63, 3.8) is 0 Å². The van der Waals surface area contributed by atoms with Gasteiger partial charge in [0.2, 0.25) is 5.91 Å². The molecule has 0 spiro atoms. The molecule has 0 bridgehead atoms. The van der Waals surface area contributed by atoms with Gasteiger partial charge in [-0.1, -0.05) is 12.1 Å². The monoisotopic (exact) mass is 341 g/mol. The molecule has 1 N–H and O–H groups in total. The molecule has 0 saturated heterocycles. The second-order valence-corrected chi connectivity index (χ2v) is 5.99. The molecule has 3 rings (SSSR count). The van der Waals surface area contributed by atoms with Crippen molar-refractivity contribution in [2.24, 2.45) is 7.05 Å². The Hall–Kier alpha value is -3.09. The maximum absolute atomic E-state index is 12.5. The first-order valence-corrected chi connectivity index (χ1v) is 7.91. The lowest BCUT2D eigenvalue weighted by Crippen LogP contribution is -2.47. The van der Waals surface area contributed by atoms with E-state index < -0.39 is 12.0 Å². The lowest BCUT2D eigenvalue weighted by Gasteiger charge is -2.32. The summed E-state index contributed by atoms with van der Waals surface area (Å²) in [4.78, 5) is 38.4. The lowest BCUT2D eigenvalue weighted by atomic mass is 10.2. The Labute approximate surface area is 144 Å². The third-order valence-corrected chi connectivity index (χ3v) is 4.12. The van der Waals surface area contributed by atoms with Gasteiger partial charge >= 0.3 is 0 Å². The number of nitrogens with one attached hydrogen (secondary N) is 1. The highest BCUT2D eigenvalue weighted by Gasteiger charge is 2.32. The van der Waals surface area contributed by atoms with E-state index in [9.17, 15) is 14.4 Å². The van der Waals surface area contributed by atoms with Gasteiger partial charge in [-0.15, -0.1) is 0 Å². The van der Waals surface area contributed by atoms with Crippen LogP contribution in [-0.4, -0.2) is 29.0 Å². The minimum Gasteiger partial charge on any atom is -0.479 e. The van der Waals surface area contributed by atoms with Crippen molar-refractivity contribution in [3.8, 4) is 5.75 Å². The van der Waals surface area contributed by atoms with Gasteiger partial charge in [-0.05, 0) is 37.6 Å². The standard InChI is InChI=1S/C18H19N3O4/c1-11-8-9-20(3)18(24)16(11)19-15(22)10-21-13-6-4-5-7-14(13)25-12(2)17(21)23/h4-9,12H,10H2,1-3H3,(H,19,22). The number of ether oxygens (including phenoxy) is 1. The van der Waals surface area contributed by atoms with Crippen LogP contribution in [0.5, 0.6) is 5.75 Å². The summed E-state index contributed by atoms with van der Waals surface area (Å²) in [6.07, 6.45) is 0.963. The summed E-state index contributed by atoms with van der Waals surface area (Å²) >= 11 is 0. The number of hydrogen-bond donors (Lipinski definition) is 1. The number of aromatic nitrogens is 1. The topological polar surface area (TPSA) is 80.6 Å². The molecule has 7 nitrogen and oxygen atoms in total. The summed E-state index contributed by atoms with van der Waals surface area (Å²) in [6.45, 7) is 3.19. The van der Waals surface area contributed by atoms with E-state index in [0.717, 1.165) is 0 Å². The van der Waals surface area contributed by atoms with E-state index in [-0.39, 0.29) is 23.7 Å². The molecule has 1 aliphatic rings. The number of amides is 2. The minimum absolute atomic E-state index is 0.193. The Morgan fingerprint density at radius 2 is 1.96 bits per heavy atom. The van der Waals surface area contributed by atoms with Gasteiger partial charge in [-0.2, -0.15) is 0 Å². The number of para-hydroxylation sites is 2. The highest BCUT2D eigenvalue weighted by Crippen LogP contribution is 2.33. The summed E-state index contributed by atoms with van der Waals surface area (Å²) in [7, 11) is 1.61. The van der Waals surface area contributed by atoms with Crippen LogP contribution in [0.1, 0.15) is 12.5 Å². The second kappa shape index (κ2) is 6.43. The number of fused-ring (bicyclic) bond motifs is 1. The van der Waals surface area contributed by atoms with Crippen molar-refractivity contribution >= 4 is 23.2 Å². The fraction of sp³-hybridized carbons (Fsp3) is 0.278. The molecular formula is C18H19N3O4. The molecule has 1 unspecified atom stereocenters. The zero-order chi connectivity index (χ0) is 18.1. The number of nitrogens with zero attached hydrogens (tertiary/aromatic N) is 2. The summed E-state index contributed by atoms with van der Waals surface area (Å²) in [6, 6.07) is 8.79. The zero-order valence-corrected chi connectivity index (χ0v) is 14.3. The number of hydrogen-bond acceptors (Lipinski definition) is 4. The van der Waals surface area contributed by atoms with E-state index in [2.05, 4.69) is 5.32 Å². The van der Waals surface area contributed by atoms with Gasteiger partial charge in [0.1, 0.15) is 18.0 Å². The SMILES string of the molecule is Cc1ccn(C)c(=O)c1NC(=O)CN1C(=O)C(C)Oc2ccccc21. The molecule has 0 radical (unpaired) electrons. The van der Waals surface area contributed by atoms with Gasteiger partial charge in [0.25, 0.3) is 11.5 Å². The Morgan fingerprint density at radius 3 is 2.72 bits per heavy atom. The van der Waals surface area contributed by atoms with Crippen molar-refractivity contribution < 1.29 is 14.3 Å². The van der Waals surface area contributed by atoms with Crippen LogP contribution >= 0.6 is 0 Å². The van der Waals surface area contributed by atoms with Crippen molar-refractivity contribution in [1.29, 1.82) is 0 Å². The highest BCUT2D eigenvalue weighted by molar-refractivity contribution is 6.06. The largest absolute Gasteiger partial charge is 0.479 e. The summed E-state index contributed by atoms with van der Waals surface area (Å²) < 4.78 is 6.94. The highest BCUT2D eigenvalue weighted by atomic mass is 16.5. The first-order valence-electron chi connectivity index (χ1n) is 7.91. The van der Waals surface area contributed by atoms with Crippen LogP contribution in [-0.2, 0) is 16.6 Å². The van der Waals surface area contributed by atoms with Crippen LogP contribution in [0.25, 0.3) is 0 Å². The van der Waals surface area contributed by atoms with Crippen molar-refractivity contribution in [2.75, 3.05) is 16.8 Å². The number of carbonyl (C=O) groups excluding carboxylic acids is 2. The molecule has 0 saturated carbocycles. The Morgan fingerprint density at radius 1 is 1.24 bits per heavy atom. The fourth-order valence-electron chi connectivity index (χ4n) is 2.72. The van der Waals surface area contributed by atoms with E-state index in [1.165, 1.54) is 9.47 Å². The van der Waals surface area contributed by atoms with E-state index in [4.69, 9.17) is 4.74 Å².